The monoisotopic (exact) mass is 394 g/mol. The molecule has 0 radical (unpaired) electrons. The second-order valence-electron chi connectivity index (χ2n) is 6.56. The van der Waals surface area contributed by atoms with E-state index in [4.69, 9.17) is 16.3 Å². The Hall–Kier alpha value is -2.18. The van der Waals surface area contributed by atoms with Gasteiger partial charge in [0.25, 0.3) is 0 Å². The Morgan fingerprint density at radius 3 is 2.37 bits per heavy atom. The van der Waals surface area contributed by atoms with Gasteiger partial charge in [-0.2, -0.15) is 0 Å². The van der Waals surface area contributed by atoms with E-state index in [0.29, 0.717) is 23.6 Å². The lowest BCUT2D eigenvalue weighted by atomic mass is 9.93. The summed E-state index contributed by atoms with van der Waals surface area (Å²) in [7, 11) is 0. The van der Waals surface area contributed by atoms with E-state index in [2.05, 4.69) is 10.6 Å². The molecule has 4 nitrogen and oxygen atoms in total. The molecule has 0 bridgehead atoms. The molecule has 27 heavy (non-hydrogen) atoms. The first-order valence-corrected chi connectivity index (χ1v) is 9.27. The molecule has 0 aliphatic heterocycles. The zero-order valence-corrected chi connectivity index (χ0v) is 15.4. The molecule has 2 amide bonds. The number of hydrogen-bond donors (Lipinski definition) is 2. The van der Waals surface area contributed by atoms with Crippen LogP contribution in [0.2, 0.25) is 5.02 Å². The van der Waals surface area contributed by atoms with Gasteiger partial charge >= 0.3 is 6.03 Å². The summed E-state index contributed by atoms with van der Waals surface area (Å²) in [4.78, 5) is 12.1. The van der Waals surface area contributed by atoms with Gasteiger partial charge in [0.2, 0.25) is 0 Å². The number of nitrogens with one attached hydrogen (secondary N) is 2. The molecule has 144 valence electrons. The number of hydrogen-bond acceptors (Lipinski definition) is 2. The minimum absolute atomic E-state index is 0.0255. The standard InChI is InChI=1S/C20H21ClF2N2O2/c21-16-4-1-2-7-19(16)25-20(26)24-13-8-10-14(11-9-13)27-12-15-17(22)5-3-6-18(15)23/h1-7,13-14H,8-12H2,(H2,24,25,26). The Kier molecular flexibility index (Phi) is 6.63. The van der Waals surface area contributed by atoms with Gasteiger partial charge in [-0.05, 0) is 49.9 Å². The summed E-state index contributed by atoms with van der Waals surface area (Å²) in [5.41, 5.74) is 0.512. The van der Waals surface area contributed by atoms with Crippen molar-refractivity contribution in [3.8, 4) is 0 Å². The van der Waals surface area contributed by atoms with E-state index in [1.807, 2.05) is 0 Å². The first-order chi connectivity index (χ1) is 13.0. The van der Waals surface area contributed by atoms with Gasteiger partial charge in [0, 0.05) is 11.6 Å². The van der Waals surface area contributed by atoms with Crippen LogP contribution >= 0.6 is 11.6 Å². The highest BCUT2D eigenvalue weighted by molar-refractivity contribution is 6.33. The molecule has 0 atom stereocenters. The number of carbonyl (C=O) groups is 1. The second-order valence-corrected chi connectivity index (χ2v) is 6.97. The van der Waals surface area contributed by atoms with Crippen molar-refractivity contribution in [1.82, 2.24) is 5.32 Å². The van der Waals surface area contributed by atoms with Gasteiger partial charge in [0.1, 0.15) is 11.6 Å². The number of halogens is 3. The van der Waals surface area contributed by atoms with Crippen LogP contribution in [0.5, 0.6) is 0 Å². The van der Waals surface area contributed by atoms with Crippen molar-refractivity contribution in [2.45, 2.75) is 44.4 Å². The van der Waals surface area contributed by atoms with Crippen molar-refractivity contribution in [2.24, 2.45) is 0 Å². The van der Waals surface area contributed by atoms with Gasteiger partial charge in [0.05, 0.1) is 23.4 Å². The predicted octanol–water partition coefficient (Wildman–Crippen LogP) is 5.27. The summed E-state index contributed by atoms with van der Waals surface area (Å²) < 4.78 is 32.9. The van der Waals surface area contributed by atoms with Crippen LogP contribution in [0.1, 0.15) is 31.2 Å². The number of para-hydroxylation sites is 1. The van der Waals surface area contributed by atoms with Gasteiger partial charge in [-0.3, -0.25) is 0 Å². The number of benzene rings is 2. The predicted molar refractivity (Wildman–Crippen MR) is 101 cm³/mol. The smallest absolute Gasteiger partial charge is 0.319 e. The van der Waals surface area contributed by atoms with E-state index in [0.717, 1.165) is 12.8 Å². The molecular weight excluding hydrogens is 374 g/mol. The number of urea groups is 1. The van der Waals surface area contributed by atoms with Gasteiger partial charge < -0.3 is 15.4 Å². The highest BCUT2D eigenvalue weighted by atomic mass is 35.5. The largest absolute Gasteiger partial charge is 0.373 e. The summed E-state index contributed by atoms with van der Waals surface area (Å²) in [6.45, 7) is -0.0890. The molecule has 2 N–H and O–H groups in total. The molecule has 0 heterocycles. The highest BCUT2D eigenvalue weighted by Crippen LogP contribution is 2.24. The van der Waals surface area contributed by atoms with E-state index in [1.165, 1.54) is 18.2 Å². The molecule has 1 aliphatic rings. The van der Waals surface area contributed by atoms with Crippen molar-refractivity contribution in [3.63, 3.8) is 0 Å². The molecular formula is C20H21ClF2N2O2. The van der Waals surface area contributed by atoms with E-state index >= 15 is 0 Å². The summed E-state index contributed by atoms with van der Waals surface area (Å²) in [5, 5.41) is 6.13. The summed E-state index contributed by atoms with van der Waals surface area (Å²) in [6.07, 6.45) is 2.83. The SMILES string of the molecule is O=C(Nc1ccccc1Cl)NC1CCC(OCc2c(F)cccc2F)CC1. The van der Waals surface area contributed by atoms with Gasteiger partial charge in [-0.25, -0.2) is 13.6 Å². The van der Waals surface area contributed by atoms with Crippen LogP contribution in [0.25, 0.3) is 0 Å². The minimum atomic E-state index is -0.596. The fourth-order valence-electron chi connectivity index (χ4n) is 3.15. The third-order valence-corrected chi connectivity index (χ3v) is 4.99. The third-order valence-electron chi connectivity index (χ3n) is 4.66. The molecule has 2 aromatic carbocycles. The minimum Gasteiger partial charge on any atom is -0.373 e. The number of ether oxygens (including phenoxy) is 1. The normalized spacial score (nSPS) is 19.5. The van der Waals surface area contributed by atoms with E-state index in [1.54, 1.807) is 24.3 Å². The average molecular weight is 395 g/mol. The van der Waals surface area contributed by atoms with Gasteiger partial charge in [0.15, 0.2) is 0 Å². The van der Waals surface area contributed by atoms with E-state index in [-0.39, 0.29) is 30.3 Å². The summed E-state index contributed by atoms with van der Waals surface area (Å²) in [6, 6.07) is 10.5. The Balaban J connectivity index is 1.42. The molecule has 3 rings (SSSR count). The first kappa shape index (κ1) is 19.6. The van der Waals surface area contributed by atoms with Gasteiger partial charge in [-0.15, -0.1) is 0 Å². The number of amides is 2. The highest BCUT2D eigenvalue weighted by Gasteiger charge is 2.23. The van der Waals surface area contributed by atoms with Crippen LogP contribution in [0.3, 0.4) is 0 Å². The van der Waals surface area contributed by atoms with Crippen molar-refractivity contribution < 1.29 is 18.3 Å². The maximum Gasteiger partial charge on any atom is 0.319 e. The molecule has 1 aliphatic carbocycles. The van der Waals surface area contributed by atoms with Crippen LogP contribution in [0.4, 0.5) is 19.3 Å². The van der Waals surface area contributed by atoms with Gasteiger partial charge in [-0.1, -0.05) is 29.8 Å². The van der Waals surface area contributed by atoms with Crippen LogP contribution in [-0.4, -0.2) is 18.2 Å². The summed E-state index contributed by atoms with van der Waals surface area (Å²) >= 11 is 6.03. The molecule has 0 spiro atoms. The fraction of sp³-hybridized carbons (Fsp3) is 0.350. The van der Waals surface area contributed by atoms with Crippen molar-refractivity contribution in [2.75, 3.05) is 5.32 Å². The second kappa shape index (κ2) is 9.15. The average Bonchev–Trinajstić information content (AvgIpc) is 2.64. The lowest BCUT2D eigenvalue weighted by Gasteiger charge is -2.29. The number of carbonyl (C=O) groups excluding carboxylic acids is 1. The lowest BCUT2D eigenvalue weighted by Crippen LogP contribution is -2.41. The topological polar surface area (TPSA) is 50.4 Å². The molecule has 0 aromatic heterocycles. The zero-order valence-electron chi connectivity index (χ0n) is 14.7. The third kappa shape index (κ3) is 5.40. The lowest BCUT2D eigenvalue weighted by molar-refractivity contribution is 0.00964. The molecule has 2 aromatic rings. The molecule has 7 heteroatoms. The number of anilines is 1. The Morgan fingerprint density at radius 2 is 1.70 bits per heavy atom. The Bertz CT molecular complexity index is 775. The van der Waals surface area contributed by atoms with Crippen LogP contribution < -0.4 is 10.6 Å². The molecule has 1 saturated carbocycles. The van der Waals surface area contributed by atoms with E-state index in [9.17, 15) is 13.6 Å². The maximum atomic E-state index is 13.6. The first-order valence-electron chi connectivity index (χ1n) is 8.89. The van der Waals surface area contributed by atoms with Crippen LogP contribution in [0, 0.1) is 11.6 Å². The van der Waals surface area contributed by atoms with Crippen molar-refractivity contribution in [3.05, 3.63) is 64.7 Å². The van der Waals surface area contributed by atoms with Crippen molar-refractivity contribution in [1.29, 1.82) is 0 Å². The zero-order chi connectivity index (χ0) is 19.2. The Morgan fingerprint density at radius 1 is 1.04 bits per heavy atom. The van der Waals surface area contributed by atoms with Crippen molar-refractivity contribution >= 4 is 23.3 Å². The van der Waals surface area contributed by atoms with E-state index < -0.39 is 11.6 Å². The molecule has 1 fully saturated rings. The molecule has 0 saturated heterocycles. The van der Waals surface area contributed by atoms with Crippen LogP contribution in [-0.2, 0) is 11.3 Å². The van der Waals surface area contributed by atoms with Crippen LogP contribution in [0.15, 0.2) is 42.5 Å². The quantitative estimate of drug-likeness (QED) is 0.726. The molecule has 0 unspecified atom stereocenters. The fourth-order valence-corrected chi connectivity index (χ4v) is 3.33. The Labute approximate surface area is 161 Å². The maximum absolute atomic E-state index is 13.6. The number of rotatable bonds is 5. The summed E-state index contributed by atoms with van der Waals surface area (Å²) in [5.74, 6) is -1.19.